The number of anilines is 1. The van der Waals surface area contributed by atoms with Gasteiger partial charge in [0.15, 0.2) is 11.6 Å². The number of hydrogen-bond acceptors (Lipinski definition) is 6. The minimum Gasteiger partial charge on any atom is -0.462 e. The largest absolute Gasteiger partial charge is 0.462 e. The van der Waals surface area contributed by atoms with Crippen molar-refractivity contribution in [2.75, 3.05) is 11.9 Å². The zero-order chi connectivity index (χ0) is 22.1. The molecule has 0 spiro atoms. The summed E-state index contributed by atoms with van der Waals surface area (Å²) in [4.78, 5) is 30.6. The van der Waals surface area contributed by atoms with Crippen molar-refractivity contribution in [2.45, 2.75) is 27.7 Å². The normalized spacial score (nSPS) is 11.0. The number of aromatic nitrogens is 3. The van der Waals surface area contributed by atoms with Gasteiger partial charge in [0.25, 0.3) is 5.91 Å². The Labute approximate surface area is 183 Å². The average Bonchev–Trinajstić information content (AvgIpc) is 3.39. The molecule has 0 aliphatic carbocycles. The topological polar surface area (TPSA) is 86.1 Å². The van der Waals surface area contributed by atoms with Gasteiger partial charge in [-0.3, -0.25) is 4.79 Å². The van der Waals surface area contributed by atoms with Crippen LogP contribution >= 0.6 is 11.3 Å². The number of hydrogen-bond donors (Lipinski definition) is 1. The molecule has 3 aromatic heterocycles. The molecule has 7 nitrogen and oxygen atoms in total. The average molecular weight is 435 g/mol. The molecule has 0 atom stereocenters. The van der Waals surface area contributed by atoms with Gasteiger partial charge in [-0.05, 0) is 62.4 Å². The van der Waals surface area contributed by atoms with Crippen LogP contribution < -0.4 is 5.32 Å². The van der Waals surface area contributed by atoms with Crippen LogP contribution in [0.5, 0.6) is 0 Å². The fourth-order valence-electron chi connectivity index (χ4n) is 3.51. The Balaban J connectivity index is 1.86. The van der Waals surface area contributed by atoms with E-state index in [4.69, 9.17) is 9.72 Å². The van der Waals surface area contributed by atoms with Gasteiger partial charge in [-0.15, -0.1) is 11.3 Å². The molecule has 0 saturated carbocycles. The third kappa shape index (κ3) is 3.94. The van der Waals surface area contributed by atoms with Crippen LogP contribution in [-0.4, -0.2) is 33.2 Å². The Morgan fingerprint density at radius 1 is 1.16 bits per heavy atom. The van der Waals surface area contributed by atoms with Gasteiger partial charge >= 0.3 is 5.97 Å². The number of nitrogens with zero attached hydrogens (tertiary/aromatic N) is 3. The lowest BCUT2D eigenvalue weighted by Crippen LogP contribution is -2.17. The Kier molecular flexibility index (Phi) is 5.56. The van der Waals surface area contributed by atoms with Gasteiger partial charge in [0.05, 0.1) is 23.2 Å². The zero-order valence-electron chi connectivity index (χ0n) is 17.7. The highest BCUT2D eigenvalue weighted by Crippen LogP contribution is 2.27. The minimum absolute atomic E-state index is 0.173. The minimum atomic E-state index is -0.556. The second-order valence-corrected chi connectivity index (χ2v) is 8.19. The first-order valence-electron chi connectivity index (χ1n) is 9.88. The van der Waals surface area contributed by atoms with Gasteiger partial charge in [0, 0.05) is 5.39 Å². The van der Waals surface area contributed by atoms with E-state index in [1.807, 2.05) is 25.3 Å². The molecular weight excluding hydrogens is 412 g/mol. The van der Waals surface area contributed by atoms with Crippen molar-refractivity contribution in [1.82, 2.24) is 14.8 Å². The molecule has 0 aliphatic heterocycles. The van der Waals surface area contributed by atoms with Gasteiger partial charge in [0.2, 0.25) is 0 Å². The Morgan fingerprint density at radius 2 is 1.97 bits per heavy atom. The van der Waals surface area contributed by atoms with Crippen molar-refractivity contribution in [3.05, 3.63) is 69.0 Å². The fraction of sp³-hybridized carbons (Fsp3) is 0.217. The van der Waals surface area contributed by atoms with Gasteiger partial charge < -0.3 is 10.1 Å². The molecule has 0 fully saturated rings. The van der Waals surface area contributed by atoms with E-state index in [1.165, 1.54) is 22.2 Å². The number of fused-ring (bicyclic) bond motifs is 1. The van der Waals surface area contributed by atoms with Crippen LogP contribution in [0.25, 0.3) is 16.7 Å². The first-order chi connectivity index (χ1) is 14.9. The highest BCUT2D eigenvalue weighted by atomic mass is 32.1. The molecule has 1 N–H and O–H groups in total. The molecule has 0 radical (unpaired) electrons. The number of benzene rings is 1. The Hall–Kier alpha value is -3.52. The van der Waals surface area contributed by atoms with Crippen LogP contribution in [0.1, 0.15) is 43.6 Å². The number of carbonyl (C=O) groups excluding carboxylic acids is 2. The number of esters is 1. The third-order valence-corrected chi connectivity index (χ3v) is 5.77. The van der Waals surface area contributed by atoms with Crippen LogP contribution in [-0.2, 0) is 4.74 Å². The van der Waals surface area contributed by atoms with Crippen LogP contribution in [0.4, 0.5) is 5.82 Å². The standard InChI is InChI=1S/C23H22N4O3S/c1-5-30-23(29)17-12-24-27(21(17)26-22(28)18-7-6-8-31-18)19-11-14(3)16-10-13(2)9-15(4)20(16)25-19/h6-12H,5H2,1-4H3,(H,26,28). The van der Waals surface area contributed by atoms with Gasteiger partial charge in [-0.1, -0.05) is 17.7 Å². The summed E-state index contributed by atoms with van der Waals surface area (Å²) in [5.74, 6) is -0.145. The maximum absolute atomic E-state index is 12.7. The van der Waals surface area contributed by atoms with Crippen molar-refractivity contribution < 1.29 is 14.3 Å². The van der Waals surface area contributed by atoms with Crippen LogP contribution in [0, 0.1) is 20.8 Å². The quantitative estimate of drug-likeness (QED) is 0.455. The van der Waals surface area contributed by atoms with Crippen LogP contribution in [0.3, 0.4) is 0 Å². The summed E-state index contributed by atoms with van der Waals surface area (Å²) in [6.07, 6.45) is 1.39. The monoisotopic (exact) mass is 434 g/mol. The van der Waals surface area contributed by atoms with Crippen molar-refractivity contribution in [3.63, 3.8) is 0 Å². The smallest absolute Gasteiger partial charge is 0.343 e. The predicted molar refractivity (Wildman–Crippen MR) is 121 cm³/mol. The first kappa shape index (κ1) is 20.7. The summed E-state index contributed by atoms with van der Waals surface area (Å²) >= 11 is 1.31. The lowest BCUT2D eigenvalue weighted by atomic mass is 10.0. The summed E-state index contributed by atoms with van der Waals surface area (Å²) in [6.45, 7) is 8.01. The summed E-state index contributed by atoms with van der Waals surface area (Å²) in [6, 6.07) is 9.58. The lowest BCUT2D eigenvalue weighted by molar-refractivity contribution is 0.0527. The van der Waals surface area contributed by atoms with Crippen LogP contribution in [0.2, 0.25) is 0 Å². The van der Waals surface area contributed by atoms with E-state index in [9.17, 15) is 9.59 Å². The van der Waals surface area contributed by atoms with E-state index in [2.05, 4.69) is 29.5 Å². The molecule has 4 rings (SSSR count). The second kappa shape index (κ2) is 8.31. The molecule has 0 aliphatic rings. The molecule has 31 heavy (non-hydrogen) atoms. The maximum Gasteiger partial charge on any atom is 0.343 e. The zero-order valence-corrected chi connectivity index (χ0v) is 18.5. The van der Waals surface area contributed by atoms with E-state index >= 15 is 0 Å². The highest BCUT2D eigenvalue weighted by molar-refractivity contribution is 7.12. The number of nitrogens with one attached hydrogen (secondary N) is 1. The summed E-state index contributed by atoms with van der Waals surface area (Å²) in [5.41, 5.74) is 4.25. The van der Waals surface area contributed by atoms with Gasteiger partial charge in [-0.25, -0.2) is 9.78 Å². The van der Waals surface area contributed by atoms with Crippen molar-refractivity contribution >= 4 is 39.9 Å². The Morgan fingerprint density at radius 3 is 2.68 bits per heavy atom. The molecule has 0 unspecified atom stereocenters. The van der Waals surface area contributed by atoms with Gasteiger partial charge in [0.1, 0.15) is 5.56 Å². The van der Waals surface area contributed by atoms with E-state index in [0.29, 0.717) is 10.7 Å². The summed E-state index contributed by atoms with van der Waals surface area (Å²) in [7, 11) is 0. The van der Waals surface area contributed by atoms with E-state index in [0.717, 1.165) is 27.6 Å². The molecule has 4 aromatic rings. The molecule has 1 aromatic carbocycles. The second-order valence-electron chi connectivity index (χ2n) is 7.25. The maximum atomic E-state index is 12.7. The number of ether oxygens (including phenoxy) is 1. The molecule has 158 valence electrons. The van der Waals surface area contributed by atoms with Gasteiger partial charge in [-0.2, -0.15) is 9.78 Å². The number of amides is 1. The molecule has 8 heteroatoms. The van der Waals surface area contributed by atoms with Crippen molar-refractivity contribution in [1.29, 1.82) is 0 Å². The van der Waals surface area contributed by atoms with Crippen LogP contribution in [0.15, 0.2) is 41.9 Å². The predicted octanol–water partition coefficient (Wildman–Crippen LogP) is 4.84. The van der Waals surface area contributed by atoms with E-state index in [-0.39, 0.29) is 23.9 Å². The third-order valence-electron chi connectivity index (χ3n) is 4.90. The molecule has 1 amide bonds. The number of aryl methyl sites for hydroxylation is 3. The number of rotatable bonds is 5. The van der Waals surface area contributed by atoms with E-state index < -0.39 is 5.97 Å². The Bertz CT molecular complexity index is 1290. The van der Waals surface area contributed by atoms with Crippen molar-refractivity contribution in [3.8, 4) is 5.82 Å². The first-order valence-corrected chi connectivity index (χ1v) is 10.8. The van der Waals surface area contributed by atoms with Crippen molar-refractivity contribution in [2.24, 2.45) is 0 Å². The molecule has 0 saturated heterocycles. The number of carbonyl (C=O) groups is 2. The molecular formula is C23H22N4O3S. The molecule has 3 heterocycles. The molecule has 0 bridgehead atoms. The SMILES string of the molecule is CCOC(=O)c1cnn(-c2cc(C)c3cc(C)cc(C)c3n2)c1NC(=O)c1cccs1. The lowest BCUT2D eigenvalue weighted by Gasteiger charge is -2.13. The number of pyridine rings is 1. The summed E-state index contributed by atoms with van der Waals surface area (Å²) in [5, 5.41) is 10.1. The summed E-state index contributed by atoms with van der Waals surface area (Å²) < 4.78 is 6.63. The van der Waals surface area contributed by atoms with E-state index in [1.54, 1.807) is 19.1 Å². The number of thiophene rings is 1. The fourth-order valence-corrected chi connectivity index (χ4v) is 4.13. The highest BCUT2D eigenvalue weighted by Gasteiger charge is 2.23.